The number of H-pyrrole nitrogens is 1. The number of carbonyl (C=O) groups excluding carboxylic acids is 1. The summed E-state index contributed by atoms with van der Waals surface area (Å²) in [5, 5.41) is 9.79. The second-order valence-corrected chi connectivity index (χ2v) is 5.00. The quantitative estimate of drug-likeness (QED) is 0.833. The van der Waals surface area contributed by atoms with Crippen LogP contribution in [0.4, 0.5) is 0 Å². The molecule has 1 N–H and O–H groups in total. The number of nitrogens with zero attached hydrogens (tertiary/aromatic N) is 1. The highest BCUT2D eigenvalue weighted by atomic mass is 16.1. The van der Waals surface area contributed by atoms with Crippen molar-refractivity contribution in [3.63, 3.8) is 0 Å². The normalized spacial score (nSPS) is 15.3. The van der Waals surface area contributed by atoms with Crippen LogP contribution >= 0.6 is 0 Å². The van der Waals surface area contributed by atoms with Gasteiger partial charge in [-0.1, -0.05) is 19.3 Å². The van der Waals surface area contributed by atoms with Crippen LogP contribution in [0.1, 0.15) is 41.6 Å². The molecule has 18 heavy (non-hydrogen) atoms. The van der Waals surface area contributed by atoms with E-state index in [-0.39, 0.29) is 5.78 Å². The van der Waals surface area contributed by atoms with Crippen LogP contribution in [-0.4, -0.2) is 10.8 Å². The van der Waals surface area contributed by atoms with Gasteiger partial charge in [0.2, 0.25) is 0 Å². The Kier molecular flexibility index (Phi) is 2.64. The lowest BCUT2D eigenvalue weighted by Gasteiger charge is -2.24. The van der Waals surface area contributed by atoms with Crippen LogP contribution in [0.25, 0.3) is 10.9 Å². The van der Waals surface area contributed by atoms with Crippen molar-refractivity contribution < 1.29 is 4.79 Å². The Bertz CT molecular complexity index is 644. The maximum Gasteiger partial charge on any atom is 0.165 e. The van der Waals surface area contributed by atoms with Gasteiger partial charge in [0.1, 0.15) is 0 Å². The number of fused-ring (bicyclic) bond motifs is 1. The summed E-state index contributed by atoms with van der Waals surface area (Å²) in [6.07, 6.45) is 6.02. The number of Topliss-reactive ketones (excluding diaryl/α,β-unsaturated/α-hetero) is 1. The van der Waals surface area contributed by atoms with Crippen molar-refractivity contribution in [2.45, 2.75) is 25.7 Å². The molecular formula is C15H14N2O. The molecule has 0 radical (unpaired) electrons. The minimum absolute atomic E-state index is 0.195. The van der Waals surface area contributed by atoms with Crippen molar-refractivity contribution in [3.05, 3.63) is 35.5 Å². The maximum absolute atomic E-state index is 12.2. The van der Waals surface area contributed by atoms with Crippen molar-refractivity contribution in [1.82, 2.24) is 4.98 Å². The van der Waals surface area contributed by atoms with Gasteiger partial charge in [0.05, 0.1) is 11.6 Å². The average Bonchev–Trinajstić information content (AvgIpc) is 2.76. The summed E-state index contributed by atoms with van der Waals surface area (Å²) >= 11 is 0. The maximum atomic E-state index is 12.2. The third kappa shape index (κ3) is 1.80. The number of nitrogens with one attached hydrogen (secondary N) is 1. The first-order valence-electron chi connectivity index (χ1n) is 6.32. The van der Waals surface area contributed by atoms with Gasteiger partial charge >= 0.3 is 0 Å². The van der Waals surface area contributed by atoms with E-state index in [1.165, 1.54) is 19.3 Å². The highest BCUT2D eigenvalue weighted by Gasteiger charge is 2.22. The molecule has 1 aliphatic rings. The first-order chi connectivity index (χ1) is 8.78. The number of hydrogen-bond acceptors (Lipinski definition) is 2. The average molecular weight is 238 g/mol. The number of rotatable bonds is 3. The minimum Gasteiger partial charge on any atom is -0.360 e. The number of ketones is 1. The van der Waals surface area contributed by atoms with Gasteiger partial charge in [-0.2, -0.15) is 5.26 Å². The van der Waals surface area contributed by atoms with Crippen LogP contribution in [0, 0.1) is 17.2 Å². The molecule has 1 aromatic carbocycles. The fraction of sp³-hybridized carbons (Fsp3) is 0.333. The molecule has 0 atom stereocenters. The Morgan fingerprint density at radius 1 is 1.44 bits per heavy atom. The van der Waals surface area contributed by atoms with Crippen molar-refractivity contribution in [2.24, 2.45) is 5.92 Å². The van der Waals surface area contributed by atoms with E-state index in [2.05, 4.69) is 11.1 Å². The standard InChI is InChI=1S/C15H14N2O/c16-8-11-4-5-14-12(6-11)13(9-17-14)15(18)7-10-2-1-3-10/h4-6,9-10,17H,1-3,7H2. The van der Waals surface area contributed by atoms with Gasteiger partial charge in [-0.25, -0.2) is 0 Å². The minimum atomic E-state index is 0.195. The largest absolute Gasteiger partial charge is 0.360 e. The van der Waals surface area contributed by atoms with E-state index in [1.54, 1.807) is 18.3 Å². The molecule has 1 fully saturated rings. The van der Waals surface area contributed by atoms with E-state index >= 15 is 0 Å². The van der Waals surface area contributed by atoms with Crippen LogP contribution in [0.2, 0.25) is 0 Å². The number of hydrogen-bond donors (Lipinski definition) is 1. The van der Waals surface area contributed by atoms with Crippen molar-refractivity contribution >= 4 is 16.7 Å². The van der Waals surface area contributed by atoms with Gasteiger partial charge in [0.25, 0.3) is 0 Å². The molecule has 0 unspecified atom stereocenters. The molecule has 3 rings (SSSR count). The Balaban J connectivity index is 1.95. The Hall–Kier alpha value is -2.08. The summed E-state index contributed by atoms with van der Waals surface area (Å²) in [4.78, 5) is 15.3. The number of aromatic nitrogens is 1. The van der Waals surface area contributed by atoms with Crippen LogP contribution in [0.15, 0.2) is 24.4 Å². The lowest BCUT2D eigenvalue weighted by molar-refractivity contribution is 0.0938. The molecule has 1 saturated carbocycles. The zero-order valence-electron chi connectivity index (χ0n) is 10.1. The number of aromatic amines is 1. The Morgan fingerprint density at radius 2 is 2.28 bits per heavy atom. The van der Waals surface area contributed by atoms with Gasteiger partial charge in [0.15, 0.2) is 5.78 Å². The second-order valence-electron chi connectivity index (χ2n) is 5.00. The SMILES string of the molecule is N#Cc1ccc2[nH]cc(C(=O)CC3CCC3)c2c1. The monoisotopic (exact) mass is 238 g/mol. The number of nitriles is 1. The molecule has 0 spiro atoms. The molecule has 1 aromatic heterocycles. The van der Waals surface area contributed by atoms with Crippen LogP contribution < -0.4 is 0 Å². The van der Waals surface area contributed by atoms with E-state index in [0.717, 1.165) is 16.5 Å². The van der Waals surface area contributed by atoms with Gasteiger partial charge in [0, 0.05) is 29.1 Å². The third-order valence-corrected chi connectivity index (χ3v) is 3.81. The zero-order valence-corrected chi connectivity index (χ0v) is 10.1. The van der Waals surface area contributed by atoms with Gasteiger partial charge in [-0.3, -0.25) is 4.79 Å². The molecule has 0 bridgehead atoms. The summed E-state index contributed by atoms with van der Waals surface area (Å²) in [7, 11) is 0. The molecule has 0 amide bonds. The zero-order chi connectivity index (χ0) is 12.5. The highest BCUT2D eigenvalue weighted by molar-refractivity contribution is 6.08. The highest BCUT2D eigenvalue weighted by Crippen LogP contribution is 2.31. The van der Waals surface area contributed by atoms with Crippen molar-refractivity contribution in [1.29, 1.82) is 5.26 Å². The number of benzene rings is 1. The van der Waals surface area contributed by atoms with E-state index in [1.807, 2.05) is 6.07 Å². The summed E-state index contributed by atoms with van der Waals surface area (Å²) < 4.78 is 0. The molecular weight excluding hydrogens is 224 g/mol. The summed E-state index contributed by atoms with van der Waals surface area (Å²) in [5.74, 6) is 0.766. The van der Waals surface area contributed by atoms with E-state index in [0.29, 0.717) is 17.9 Å². The fourth-order valence-corrected chi connectivity index (χ4v) is 2.49. The lowest BCUT2D eigenvalue weighted by Crippen LogP contribution is -2.15. The van der Waals surface area contributed by atoms with E-state index in [9.17, 15) is 4.79 Å². The molecule has 2 aromatic rings. The van der Waals surface area contributed by atoms with Gasteiger partial charge in [-0.15, -0.1) is 0 Å². The first kappa shape index (κ1) is 11.0. The smallest absolute Gasteiger partial charge is 0.165 e. The predicted octanol–water partition coefficient (Wildman–Crippen LogP) is 3.41. The molecule has 1 heterocycles. The lowest BCUT2D eigenvalue weighted by atomic mass is 9.81. The molecule has 1 aliphatic carbocycles. The number of carbonyl (C=O) groups is 1. The molecule has 3 nitrogen and oxygen atoms in total. The Morgan fingerprint density at radius 3 is 2.94 bits per heavy atom. The van der Waals surface area contributed by atoms with E-state index < -0.39 is 0 Å². The van der Waals surface area contributed by atoms with Gasteiger partial charge < -0.3 is 4.98 Å². The van der Waals surface area contributed by atoms with Gasteiger partial charge in [-0.05, 0) is 24.1 Å². The third-order valence-electron chi connectivity index (χ3n) is 3.81. The van der Waals surface area contributed by atoms with Crippen molar-refractivity contribution in [3.8, 4) is 6.07 Å². The van der Waals surface area contributed by atoms with E-state index in [4.69, 9.17) is 5.26 Å². The first-order valence-corrected chi connectivity index (χ1v) is 6.32. The predicted molar refractivity (Wildman–Crippen MR) is 69.3 cm³/mol. The summed E-state index contributed by atoms with van der Waals surface area (Å²) in [5.41, 5.74) is 2.25. The topological polar surface area (TPSA) is 56.6 Å². The molecule has 0 aliphatic heterocycles. The van der Waals surface area contributed by atoms with Crippen molar-refractivity contribution in [2.75, 3.05) is 0 Å². The molecule has 3 heteroatoms. The summed E-state index contributed by atoms with van der Waals surface area (Å²) in [6.45, 7) is 0. The molecule has 90 valence electrons. The van der Waals surface area contributed by atoms with Crippen LogP contribution in [0.3, 0.4) is 0 Å². The summed E-state index contributed by atoms with van der Waals surface area (Å²) in [6, 6.07) is 7.52. The van der Waals surface area contributed by atoms with Crippen LogP contribution in [-0.2, 0) is 0 Å². The van der Waals surface area contributed by atoms with Crippen LogP contribution in [0.5, 0.6) is 0 Å². The second kappa shape index (κ2) is 4.30. The fourth-order valence-electron chi connectivity index (χ4n) is 2.49. The Labute approximate surface area is 105 Å². The molecule has 0 saturated heterocycles.